The van der Waals surface area contributed by atoms with Crippen molar-refractivity contribution >= 4 is 17.4 Å². The second-order valence-electron chi connectivity index (χ2n) is 8.23. The Morgan fingerprint density at radius 1 is 1.06 bits per heavy atom. The average Bonchev–Trinajstić information content (AvgIpc) is 3.23. The first-order valence-electron chi connectivity index (χ1n) is 11.2. The minimum Gasteiger partial charge on any atom is -0.484 e. The number of ether oxygens (including phenoxy) is 3. The van der Waals surface area contributed by atoms with Crippen LogP contribution in [0.3, 0.4) is 0 Å². The van der Waals surface area contributed by atoms with Crippen LogP contribution in [-0.4, -0.2) is 43.0 Å². The number of rotatable bonds is 8. The Balaban J connectivity index is 1.33. The molecular weight excluding hydrogens is 481 g/mol. The Labute approximate surface area is 205 Å². The van der Waals surface area contributed by atoms with E-state index < -0.39 is 6.36 Å². The average molecular weight is 507 g/mol. The summed E-state index contributed by atoms with van der Waals surface area (Å²) >= 11 is 1.27. The summed E-state index contributed by atoms with van der Waals surface area (Å²) in [5.41, 5.74) is 3.33. The van der Waals surface area contributed by atoms with Gasteiger partial charge in [-0.3, -0.25) is 4.79 Å². The molecular formula is C25H25F3N2O4S. The molecule has 6 nitrogen and oxygen atoms in total. The molecule has 1 saturated heterocycles. The molecule has 4 rings (SSSR count). The van der Waals surface area contributed by atoms with Crippen LogP contribution in [0.4, 0.5) is 13.2 Å². The van der Waals surface area contributed by atoms with Crippen molar-refractivity contribution in [2.24, 2.45) is 5.92 Å². The molecule has 0 saturated carbocycles. The summed E-state index contributed by atoms with van der Waals surface area (Å²) in [4.78, 5) is 12.9. The van der Waals surface area contributed by atoms with E-state index in [0.717, 1.165) is 53.3 Å². The maximum atomic E-state index is 12.4. The second-order valence-corrected chi connectivity index (χ2v) is 9.00. The number of carbonyl (C=O) groups excluding carboxylic acids is 1. The van der Waals surface area contributed by atoms with Crippen molar-refractivity contribution in [1.29, 1.82) is 0 Å². The molecule has 35 heavy (non-hydrogen) atoms. The van der Waals surface area contributed by atoms with E-state index in [0.29, 0.717) is 18.2 Å². The Bertz CT molecular complexity index is 1130. The van der Waals surface area contributed by atoms with Gasteiger partial charge in [0, 0.05) is 25.3 Å². The third-order valence-corrected chi connectivity index (χ3v) is 6.70. The van der Waals surface area contributed by atoms with Gasteiger partial charge in [-0.15, -0.1) is 13.2 Å². The lowest BCUT2D eigenvalue weighted by atomic mass is 10.0. The van der Waals surface area contributed by atoms with Crippen molar-refractivity contribution in [3.63, 3.8) is 0 Å². The van der Waals surface area contributed by atoms with Gasteiger partial charge in [-0.25, -0.2) is 0 Å². The lowest BCUT2D eigenvalue weighted by Gasteiger charge is -2.22. The third kappa shape index (κ3) is 6.95. The van der Waals surface area contributed by atoms with Gasteiger partial charge in [-0.05, 0) is 96.9 Å². The SMILES string of the molecule is Cc1c(-c2ccc(OCC(=O)NCC3CCOCC3)cc2)nsc1-c1ccc(OC(F)(F)F)cc1. The number of benzene rings is 2. The molecule has 0 aliphatic carbocycles. The predicted octanol–water partition coefficient (Wildman–Crippen LogP) is 5.61. The molecule has 1 aromatic heterocycles. The van der Waals surface area contributed by atoms with E-state index in [4.69, 9.17) is 9.47 Å². The van der Waals surface area contributed by atoms with E-state index in [1.807, 2.05) is 19.1 Å². The molecule has 2 aromatic carbocycles. The fourth-order valence-corrected chi connectivity index (χ4v) is 4.70. The topological polar surface area (TPSA) is 69.7 Å². The molecule has 1 amide bonds. The van der Waals surface area contributed by atoms with Crippen molar-refractivity contribution in [3.8, 4) is 33.2 Å². The molecule has 3 aromatic rings. The predicted molar refractivity (Wildman–Crippen MR) is 126 cm³/mol. The quantitative estimate of drug-likeness (QED) is 0.430. The first kappa shape index (κ1) is 25.0. The standard InChI is InChI=1S/C25H25F3N2O4S/c1-16-23(30-35-24(16)19-4-8-21(9-5-19)34-25(26,27)28)18-2-6-20(7-3-18)33-15-22(31)29-14-17-10-12-32-13-11-17/h2-9,17H,10-15H2,1H3,(H,29,31). The highest BCUT2D eigenvalue weighted by atomic mass is 32.1. The third-order valence-electron chi connectivity index (χ3n) is 5.70. The summed E-state index contributed by atoms with van der Waals surface area (Å²) in [5.74, 6) is 0.594. The number of alkyl halides is 3. The summed E-state index contributed by atoms with van der Waals surface area (Å²) in [5, 5.41) is 2.91. The van der Waals surface area contributed by atoms with Gasteiger partial charge in [0.05, 0.1) is 10.6 Å². The van der Waals surface area contributed by atoms with Crippen molar-refractivity contribution in [2.75, 3.05) is 26.4 Å². The monoisotopic (exact) mass is 506 g/mol. The number of nitrogens with zero attached hydrogens (tertiary/aromatic N) is 1. The highest BCUT2D eigenvalue weighted by molar-refractivity contribution is 7.10. The summed E-state index contributed by atoms with van der Waals surface area (Å²) in [6, 6.07) is 13.0. The Hall–Kier alpha value is -3.11. The molecule has 0 bridgehead atoms. The van der Waals surface area contributed by atoms with Gasteiger partial charge in [0.15, 0.2) is 6.61 Å². The first-order valence-corrected chi connectivity index (χ1v) is 12.0. The zero-order valence-electron chi connectivity index (χ0n) is 19.1. The minimum atomic E-state index is -4.72. The van der Waals surface area contributed by atoms with Gasteiger partial charge in [0.2, 0.25) is 0 Å². The Kier molecular flexibility index (Phi) is 7.92. The van der Waals surface area contributed by atoms with E-state index >= 15 is 0 Å². The van der Waals surface area contributed by atoms with Gasteiger partial charge in [0.1, 0.15) is 11.5 Å². The number of carbonyl (C=O) groups is 1. The van der Waals surface area contributed by atoms with Crippen molar-refractivity contribution in [3.05, 3.63) is 54.1 Å². The number of nitrogens with one attached hydrogen (secondary N) is 1. The van der Waals surface area contributed by atoms with E-state index in [-0.39, 0.29) is 18.3 Å². The lowest BCUT2D eigenvalue weighted by Crippen LogP contribution is -2.35. The van der Waals surface area contributed by atoms with E-state index in [1.54, 1.807) is 24.3 Å². The fraction of sp³-hybridized carbons (Fsp3) is 0.360. The fourth-order valence-electron chi connectivity index (χ4n) is 3.80. The zero-order valence-corrected chi connectivity index (χ0v) is 19.9. The lowest BCUT2D eigenvalue weighted by molar-refractivity contribution is -0.274. The highest BCUT2D eigenvalue weighted by Gasteiger charge is 2.31. The molecule has 1 aliphatic rings. The van der Waals surface area contributed by atoms with Gasteiger partial charge in [0.25, 0.3) is 5.91 Å². The smallest absolute Gasteiger partial charge is 0.484 e. The van der Waals surface area contributed by atoms with Gasteiger partial charge >= 0.3 is 6.36 Å². The zero-order chi connectivity index (χ0) is 24.8. The normalized spacial score (nSPS) is 14.5. The summed E-state index contributed by atoms with van der Waals surface area (Å²) in [6.07, 6.45) is -2.81. The molecule has 1 aliphatic heterocycles. The maximum absolute atomic E-state index is 12.4. The summed E-state index contributed by atoms with van der Waals surface area (Å²) in [7, 11) is 0. The van der Waals surface area contributed by atoms with Crippen LogP contribution in [0.5, 0.6) is 11.5 Å². The van der Waals surface area contributed by atoms with Gasteiger partial charge in [-0.1, -0.05) is 0 Å². The second kappa shape index (κ2) is 11.1. The van der Waals surface area contributed by atoms with Crippen molar-refractivity contribution in [1.82, 2.24) is 9.69 Å². The minimum absolute atomic E-state index is 0.0590. The van der Waals surface area contributed by atoms with E-state index in [1.165, 1.54) is 23.7 Å². The van der Waals surface area contributed by atoms with Crippen molar-refractivity contribution in [2.45, 2.75) is 26.1 Å². The highest BCUT2D eigenvalue weighted by Crippen LogP contribution is 2.36. The van der Waals surface area contributed by atoms with Crippen LogP contribution in [0.2, 0.25) is 0 Å². The van der Waals surface area contributed by atoms with Crippen LogP contribution in [0.1, 0.15) is 18.4 Å². The number of hydrogen-bond acceptors (Lipinski definition) is 6. The number of amides is 1. The summed E-state index contributed by atoms with van der Waals surface area (Å²) < 4.78 is 56.5. The molecule has 0 radical (unpaired) electrons. The molecule has 10 heteroatoms. The van der Waals surface area contributed by atoms with Crippen molar-refractivity contribution < 1.29 is 32.2 Å². The van der Waals surface area contributed by atoms with E-state index in [2.05, 4.69) is 14.4 Å². The van der Waals surface area contributed by atoms with Crippen LogP contribution >= 0.6 is 11.5 Å². The van der Waals surface area contributed by atoms with Crippen LogP contribution in [0.15, 0.2) is 48.5 Å². The number of halogens is 3. The van der Waals surface area contributed by atoms with Crippen LogP contribution in [0.25, 0.3) is 21.7 Å². The summed E-state index contributed by atoms with van der Waals surface area (Å²) in [6.45, 7) is 3.98. The van der Waals surface area contributed by atoms with Crippen LogP contribution in [-0.2, 0) is 9.53 Å². The molecule has 186 valence electrons. The van der Waals surface area contributed by atoms with Crippen LogP contribution < -0.4 is 14.8 Å². The molecule has 0 atom stereocenters. The van der Waals surface area contributed by atoms with Crippen LogP contribution in [0, 0.1) is 12.8 Å². The number of hydrogen-bond donors (Lipinski definition) is 1. The number of aromatic nitrogens is 1. The first-order chi connectivity index (χ1) is 16.8. The van der Waals surface area contributed by atoms with E-state index in [9.17, 15) is 18.0 Å². The molecule has 1 N–H and O–H groups in total. The molecule has 2 heterocycles. The molecule has 1 fully saturated rings. The molecule has 0 spiro atoms. The van der Waals surface area contributed by atoms with Gasteiger partial charge in [-0.2, -0.15) is 4.37 Å². The maximum Gasteiger partial charge on any atom is 0.573 e. The largest absolute Gasteiger partial charge is 0.573 e. The molecule has 0 unspecified atom stereocenters. The Morgan fingerprint density at radius 3 is 2.34 bits per heavy atom. The Morgan fingerprint density at radius 2 is 1.69 bits per heavy atom. The van der Waals surface area contributed by atoms with Gasteiger partial charge < -0.3 is 19.5 Å².